The van der Waals surface area contributed by atoms with E-state index >= 15 is 0 Å². The molecule has 4 nitrogen and oxygen atoms in total. The number of halogens is 2. The van der Waals surface area contributed by atoms with Crippen molar-refractivity contribution >= 4 is 29.2 Å². The van der Waals surface area contributed by atoms with Crippen LogP contribution in [0.15, 0.2) is 22.6 Å². The molecule has 0 aliphatic rings. The second-order valence-electron chi connectivity index (χ2n) is 5.56. The van der Waals surface area contributed by atoms with Gasteiger partial charge < -0.3 is 9.15 Å². The summed E-state index contributed by atoms with van der Waals surface area (Å²) in [6, 6.07) is 4.96. The molecule has 1 heterocycles. The van der Waals surface area contributed by atoms with Crippen molar-refractivity contribution < 1.29 is 13.9 Å². The SMILES string of the molecule is COC(=O)c1oc(-c2cc(Cl)ccc2Cl)nc1C(C)(C)C. The van der Waals surface area contributed by atoms with Gasteiger partial charge >= 0.3 is 5.97 Å². The van der Waals surface area contributed by atoms with Gasteiger partial charge in [0.15, 0.2) is 0 Å². The molecule has 0 amide bonds. The van der Waals surface area contributed by atoms with Crippen molar-refractivity contribution in [2.45, 2.75) is 26.2 Å². The normalized spacial score (nSPS) is 11.5. The van der Waals surface area contributed by atoms with E-state index in [1.165, 1.54) is 7.11 Å². The van der Waals surface area contributed by atoms with Crippen molar-refractivity contribution in [3.8, 4) is 11.5 Å². The highest BCUT2D eigenvalue weighted by Crippen LogP contribution is 2.34. The molecule has 0 atom stereocenters. The fourth-order valence-corrected chi connectivity index (χ4v) is 2.21. The molecule has 2 rings (SSSR count). The maximum atomic E-state index is 11.9. The molecular formula is C15H15Cl2NO3. The highest BCUT2D eigenvalue weighted by molar-refractivity contribution is 6.35. The molecule has 0 saturated carbocycles. The van der Waals surface area contributed by atoms with Crippen LogP contribution in [0.5, 0.6) is 0 Å². The Labute approximate surface area is 133 Å². The first-order valence-electron chi connectivity index (χ1n) is 6.29. The van der Waals surface area contributed by atoms with Crippen LogP contribution in [0.4, 0.5) is 0 Å². The third-order valence-corrected chi connectivity index (χ3v) is 3.43. The topological polar surface area (TPSA) is 52.3 Å². The molecule has 112 valence electrons. The predicted molar refractivity (Wildman–Crippen MR) is 82.0 cm³/mol. The molecule has 1 aromatic heterocycles. The number of carbonyl (C=O) groups is 1. The molecule has 0 spiro atoms. The van der Waals surface area contributed by atoms with Gasteiger partial charge in [0.05, 0.1) is 17.7 Å². The van der Waals surface area contributed by atoms with E-state index < -0.39 is 5.97 Å². The number of hydrogen-bond acceptors (Lipinski definition) is 4. The van der Waals surface area contributed by atoms with E-state index in [2.05, 4.69) is 4.98 Å². The number of esters is 1. The Hall–Kier alpha value is -1.52. The van der Waals surface area contributed by atoms with Gasteiger partial charge in [0, 0.05) is 10.4 Å². The van der Waals surface area contributed by atoms with Gasteiger partial charge in [-0.15, -0.1) is 0 Å². The van der Waals surface area contributed by atoms with Crippen LogP contribution in [0, 0.1) is 0 Å². The lowest BCUT2D eigenvalue weighted by Crippen LogP contribution is -2.17. The lowest BCUT2D eigenvalue weighted by atomic mass is 9.91. The highest BCUT2D eigenvalue weighted by Gasteiger charge is 2.30. The molecule has 0 fully saturated rings. The summed E-state index contributed by atoms with van der Waals surface area (Å²) in [7, 11) is 1.29. The first-order valence-corrected chi connectivity index (χ1v) is 7.04. The van der Waals surface area contributed by atoms with Crippen LogP contribution in [0.3, 0.4) is 0 Å². The van der Waals surface area contributed by atoms with Gasteiger partial charge in [-0.1, -0.05) is 44.0 Å². The number of ether oxygens (including phenoxy) is 1. The second kappa shape index (κ2) is 5.70. The third-order valence-electron chi connectivity index (χ3n) is 2.87. The number of oxazole rings is 1. The van der Waals surface area contributed by atoms with Crippen molar-refractivity contribution in [3.05, 3.63) is 39.7 Å². The molecule has 0 N–H and O–H groups in total. The van der Waals surface area contributed by atoms with Gasteiger partial charge in [-0.3, -0.25) is 0 Å². The molecule has 6 heteroatoms. The maximum absolute atomic E-state index is 11.9. The number of nitrogens with zero attached hydrogens (tertiary/aromatic N) is 1. The quantitative estimate of drug-likeness (QED) is 0.748. The Bertz CT molecular complexity index is 687. The van der Waals surface area contributed by atoms with Crippen LogP contribution < -0.4 is 0 Å². The average molecular weight is 328 g/mol. The van der Waals surface area contributed by atoms with Crippen LogP contribution in [0.1, 0.15) is 37.0 Å². The first-order chi connectivity index (χ1) is 9.74. The van der Waals surface area contributed by atoms with Gasteiger partial charge in [-0.05, 0) is 18.2 Å². The lowest BCUT2D eigenvalue weighted by molar-refractivity contribution is 0.0562. The molecule has 0 radical (unpaired) electrons. The summed E-state index contributed by atoms with van der Waals surface area (Å²) in [5.74, 6) is -0.249. The van der Waals surface area contributed by atoms with E-state index in [9.17, 15) is 4.79 Å². The van der Waals surface area contributed by atoms with Crippen molar-refractivity contribution in [3.63, 3.8) is 0 Å². The summed E-state index contributed by atoms with van der Waals surface area (Å²) in [6.45, 7) is 5.79. The largest absolute Gasteiger partial charge is 0.463 e. The zero-order valence-corrected chi connectivity index (χ0v) is 13.7. The van der Waals surface area contributed by atoms with E-state index in [0.717, 1.165) is 0 Å². The zero-order valence-electron chi connectivity index (χ0n) is 12.2. The van der Waals surface area contributed by atoms with Crippen LogP contribution in [0.25, 0.3) is 11.5 Å². The fraction of sp³-hybridized carbons (Fsp3) is 0.333. The number of rotatable bonds is 2. The van der Waals surface area contributed by atoms with E-state index in [4.69, 9.17) is 32.4 Å². The Morgan fingerprint density at radius 1 is 1.29 bits per heavy atom. The van der Waals surface area contributed by atoms with Crippen molar-refractivity contribution in [2.24, 2.45) is 0 Å². The summed E-state index contributed by atoms with van der Waals surface area (Å²) in [5.41, 5.74) is 0.668. The number of benzene rings is 1. The predicted octanol–water partition coefficient (Wildman–Crippen LogP) is 4.73. The third kappa shape index (κ3) is 3.22. The van der Waals surface area contributed by atoms with Gasteiger partial charge in [0.25, 0.3) is 0 Å². The summed E-state index contributed by atoms with van der Waals surface area (Å²) < 4.78 is 10.3. The maximum Gasteiger partial charge on any atom is 0.376 e. The minimum absolute atomic E-state index is 0.0797. The van der Waals surface area contributed by atoms with Crippen molar-refractivity contribution in [1.29, 1.82) is 0 Å². The summed E-state index contributed by atoms with van der Waals surface area (Å²) in [5, 5.41) is 0.946. The van der Waals surface area contributed by atoms with Gasteiger partial charge in [-0.25, -0.2) is 9.78 Å². The van der Waals surface area contributed by atoms with Crippen LogP contribution in [0.2, 0.25) is 10.0 Å². The Balaban J connectivity index is 2.64. The molecule has 0 saturated heterocycles. The Kier molecular flexibility index (Phi) is 4.30. The summed E-state index contributed by atoms with van der Waals surface area (Å²) >= 11 is 12.1. The number of hydrogen-bond donors (Lipinski definition) is 0. The van der Waals surface area contributed by atoms with Gasteiger partial charge in [0.2, 0.25) is 11.7 Å². The number of aromatic nitrogens is 1. The zero-order chi connectivity index (χ0) is 15.8. The van der Waals surface area contributed by atoms with E-state index in [-0.39, 0.29) is 17.1 Å². The molecular weight excluding hydrogens is 313 g/mol. The minimum Gasteiger partial charge on any atom is -0.463 e. The second-order valence-corrected chi connectivity index (χ2v) is 6.41. The van der Waals surface area contributed by atoms with E-state index in [1.54, 1.807) is 18.2 Å². The van der Waals surface area contributed by atoms with Crippen LogP contribution >= 0.6 is 23.2 Å². The highest BCUT2D eigenvalue weighted by atomic mass is 35.5. The molecule has 21 heavy (non-hydrogen) atoms. The first kappa shape index (κ1) is 15.9. The van der Waals surface area contributed by atoms with Gasteiger partial charge in [-0.2, -0.15) is 0 Å². The summed E-state index contributed by atoms with van der Waals surface area (Å²) in [6.07, 6.45) is 0. The monoisotopic (exact) mass is 327 g/mol. The van der Waals surface area contributed by atoms with Crippen LogP contribution in [-0.2, 0) is 10.2 Å². The standard InChI is InChI=1S/C15H15Cl2NO3/c1-15(2,3)12-11(14(19)20-4)21-13(18-12)9-7-8(16)5-6-10(9)17/h5-7H,1-4H3. The van der Waals surface area contributed by atoms with Crippen molar-refractivity contribution in [1.82, 2.24) is 4.98 Å². The minimum atomic E-state index is -0.572. The van der Waals surface area contributed by atoms with Crippen molar-refractivity contribution in [2.75, 3.05) is 7.11 Å². The molecule has 0 aliphatic heterocycles. The molecule has 0 bridgehead atoms. The Morgan fingerprint density at radius 2 is 1.95 bits per heavy atom. The van der Waals surface area contributed by atoms with E-state index in [0.29, 0.717) is 21.3 Å². The fourth-order valence-electron chi connectivity index (χ4n) is 1.84. The smallest absolute Gasteiger partial charge is 0.376 e. The molecule has 0 aliphatic carbocycles. The van der Waals surface area contributed by atoms with Gasteiger partial charge in [0.1, 0.15) is 5.69 Å². The van der Waals surface area contributed by atoms with Crippen LogP contribution in [-0.4, -0.2) is 18.1 Å². The average Bonchev–Trinajstić information content (AvgIpc) is 2.85. The summed E-state index contributed by atoms with van der Waals surface area (Å²) in [4.78, 5) is 16.3. The number of methoxy groups -OCH3 is 1. The molecule has 2 aromatic rings. The number of carbonyl (C=O) groups excluding carboxylic acids is 1. The Morgan fingerprint density at radius 3 is 2.52 bits per heavy atom. The van der Waals surface area contributed by atoms with E-state index in [1.807, 2.05) is 20.8 Å². The lowest BCUT2D eigenvalue weighted by Gasteiger charge is -2.15. The molecule has 1 aromatic carbocycles. The molecule has 0 unspecified atom stereocenters.